The van der Waals surface area contributed by atoms with Gasteiger partial charge in [-0.15, -0.1) is 0 Å². The van der Waals surface area contributed by atoms with E-state index in [1.165, 1.54) is 24.3 Å². The molecule has 0 fully saturated rings. The lowest BCUT2D eigenvalue weighted by atomic mass is 10.2. The Bertz CT molecular complexity index is 1220. The Hall–Kier alpha value is -3.20. The van der Waals surface area contributed by atoms with E-state index >= 15 is 0 Å². The van der Waals surface area contributed by atoms with Gasteiger partial charge in [0.1, 0.15) is 24.0 Å². The first-order chi connectivity index (χ1) is 13.8. The van der Waals surface area contributed by atoms with Crippen LogP contribution in [0.15, 0.2) is 47.4 Å². The van der Waals surface area contributed by atoms with Crippen LogP contribution in [0.3, 0.4) is 0 Å². The molecule has 2 heterocycles. The van der Waals surface area contributed by atoms with Crippen LogP contribution in [0.5, 0.6) is 5.75 Å². The van der Waals surface area contributed by atoms with Crippen molar-refractivity contribution in [2.45, 2.75) is 18.4 Å². The Morgan fingerprint density at radius 2 is 1.97 bits per heavy atom. The summed E-state index contributed by atoms with van der Waals surface area (Å²) in [5.41, 5.74) is 1.69. The number of nitrogens with zero attached hydrogens (tertiary/aromatic N) is 2. The van der Waals surface area contributed by atoms with E-state index < -0.39 is 21.6 Å². The third-order valence-electron chi connectivity index (χ3n) is 4.51. The number of carbonyl (C=O) groups is 1. The predicted octanol–water partition coefficient (Wildman–Crippen LogP) is 3.15. The van der Waals surface area contributed by atoms with Gasteiger partial charge in [-0.1, -0.05) is 0 Å². The number of halogens is 1. The standard InChI is InChI=1S/C20H17FN2O5S/c1-3-27-20(24)18-16-11-28-17-10-14(29(2,25)26)8-9-15(17)23(16)19(22-18)12-4-6-13(21)7-5-12/h4-10H,3,11H2,1-2H3. The van der Waals surface area contributed by atoms with Gasteiger partial charge in [-0.2, -0.15) is 0 Å². The van der Waals surface area contributed by atoms with Gasteiger partial charge in [0.25, 0.3) is 0 Å². The van der Waals surface area contributed by atoms with Crippen molar-refractivity contribution in [2.24, 2.45) is 0 Å². The van der Waals surface area contributed by atoms with Crippen molar-refractivity contribution in [1.29, 1.82) is 0 Å². The third-order valence-corrected chi connectivity index (χ3v) is 5.62. The molecule has 0 aliphatic carbocycles. The first-order valence-corrected chi connectivity index (χ1v) is 10.7. The maximum Gasteiger partial charge on any atom is 0.358 e. The SMILES string of the molecule is CCOC(=O)c1nc(-c2ccc(F)cc2)n2c1COc1cc(S(C)(=O)=O)ccc1-2. The lowest BCUT2D eigenvalue weighted by Gasteiger charge is -2.22. The Morgan fingerprint density at radius 3 is 2.62 bits per heavy atom. The van der Waals surface area contributed by atoms with E-state index in [-0.39, 0.29) is 23.8 Å². The topological polar surface area (TPSA) is 87.5 Å². The summed E-state index contributed by atoms with van der Waals surface area (Å²) in [4.78, 5) is 17.0. The molecule has 1 aliphatic rings. The van der Waals surface area contributed by atoms with Gasteiger partial charge < -0.3 is 9.47 Å². The van der Waals surface area contributed by atoms with Gasteiger partial charge in [-0.3, -0.25) is 4.57 Å². The maximum atomic E-state index is 13.4. The molecule has 9 heteroatoms. The number of fused-ring (bicyclic) bond motifs is 3. The van der Waals surface area contributed by atoms with Crippen LogP contribution >= 0.6 is 0 Å². The minimum absolute atomic E-state index is 0.00254. The Kier molecular flexibility index (Phi) is 4.62. The van der Waals surface area contributed by atoms with Crippen LogP contribution < -0.4 is 4.74 Å². The highest BCUT2D eigenvalue weighted by atomic mass is 32.2. The molecular formula is C20H17FN2O5S. The van der Waals surface area contributed by atoms with Crippen LogP contribution in [-0.4, -0.2) is 36.8 Å². The number of aromatic nitrogens is 2. The second-order valence-electron chi connectivity index (χ2n) is 6.48. The van der Waals surface area contributed by atoms with E-state index in [0.717, 1.165) is 6.26 Å². The fourth-order valence-electron chi connectivity index (χ4n) is 3.17. The van der Waals surface area contributed by atoms with E-state index in [2.05, 4.69) is 4.98 Å². The van der Waals surface area contributed by atoms with Crippen molar-refractivity contribution in [3.8, 4) is 22.8 Å². The van der Waals surface area contributed by atoms with Gasteiger partial charge in [-0.05, 0) is 43.3 Å². The summed E-state index contributed by atoms with van der Waals surface area (Å²) in [6.45, 7) is 1.88. The van der Waals surface area contributed by atoms with Crippen LogP contribution in [0, 0.1) is 5.82 Å². The van der Waals surface area contributed by atoms with E-state index in [9.17, 15) is 17.6 Å². The summed E-state index contributed by atoms with van der Waals surface area (Å²) in [5, 5.41) is 0. The van der Waals surface area contributed by atoms with Crippen LogP contribution in [-0.2, 0) is 21.2 Å². The summed E-state index contributed by atoms with van der Waals surface area (Å²) < 4.78 is 49.7. The molecular weight excluding hydrogens is 399 g/mol. The molecule has 1 aliphatic heterocycles. The number of imidazole rings is 1. The van der Waals surface area contributed by atoms with Crippen molar-refractivity contribution in [1.82, 2.24) is 9.55 Å². The summed E-state index contributed by atoms with van der Waals surface area (Å²) in [7, 11) is -3.42. The van der Waals surface area contributed by atoms with E-state index in [1.807, 2.05) is 0 Å². The van der Waals surface area contributed by atoms with E-state index in [0.29, 0.717) is 28.5 Å². The molecule has 29 heavy (non-hydrogen) atoms. The van der Waals surface area contributed by atoms with Crippen LogP contribution in [0.25, 0.3) is 17.1 Å². The monoisotopic (exact) mass is 416 g/mol. The summed E-state index contributed by atoms with van der Waals surface area (Å²) in [5.74, 6) is -0.243. The Balaban J connectivity index is 1.95. The number of benzene rings is 2. The molecule has 2 aromatic carbocycles. The molecule has 150 valence electrons. The number of ether oxygens (including phenoxy) is 2. The van der Waals surface area contributed by atoms with Gasteiger partial charge in [0.2, 0.25) is 0 Å². The number of carbonyl (C=O) groups excluding carboxylic acids is 1. The van der Waals surface area contributed by atoms with E-state index in [1.54, 1.807) is 29.7 Å². The second-order valence-corrected chi connectivity index (χ2v) is 8.50. The number of rotatable bonds is 4. The van der Waals surface area contributed by atoms with Gasteiger partial charge >= 0.3 is 5.97 Å². The molecule has 0 atom stereocenters. The Labute approximate surface area is 166 Å². The summed E-state index contributed by atoms with van der Waals surface area (Å²) in [6.07, 6.45) is 1.11. The quantitative estimate of drug-likeness (QED) is 0.607. The lowest BCUT2D eigenvalue weighted by Crippen LogP contribution is -2.17. The van der Waals surface area contributed by atoms with Crippen LogP contribution in [0.2, 0.25) is 0 Å². The highest BCUT2D eigenvalue weighted by Gasteiger charge is 2.30. The molecule has 4 rings (SSSR count). The normalized spacial score (nSPS) is 12.7. The lowest BCUT2D eigenvalue weighted by molar-refractivity contribution is 0.0516. The number of hydrogen-bond donors (Lipinski definition) is 0. The molecule has 0 unspecified atom stereocenters. The fraction of sp³-hybridized carbons (Fsp3) is 0.200. The van der Waals surface area contributed by atoms with Crippen molar-refractivity contribution < 1.29 is 27.1 Å². The van der Waals surface area contributed by atoms with Crippen LogP contribution in [0.1, 0.15) is 23.1 Å². The number of sulfone groups is 1. The Morgan fingerprint density at radius 1 is 1.24 bits per heavy atom. The zero-order chi connectivity index (χ0) is 20.8. The van der Waals surface area contributed by atoms with Gasteiger partial charge in [0, 0.05) is 17.9 Å². The van der Waals surface area contributed by atoms with Gasteiger partial charge in [0.15, 0.2) is 15.5 Å². The average molecular weight is 416 g/mol. The molecule has 0 N–H and O–H groups in total. The van der Waals surface area contributed by atoms with Crippen molar-refractivity contribution in [3.05, 3.63) is 59.7 Å². The van der Waals surface area contributed by atoms with Gasteiger partial charge in [0.05, 0.1) is 22.9 Å². The summed E-state index contributed by atoms with van der Waals surface area (Å²) in [6, 6.07) is 10.2. The molecule has 0 amide bonds. The van der Waals surface area contributed by atoms with Crippen molar-refractivity contribution in [3.63, 3.8) is 0 Å². The number of hydrogen-bond acceptors (Lipinski definition) is 6. The second kappa shape index (κ2) is 7.00. The first-order valence-electron chi connectivity index (χ1n) is 8.81. The zero-order valence-electron chi connectivity index (χ0n) is 15.7. The molecule has 0 saturated carbocycles. The minimum atomic E-state index is -3.42. The van der Waals surface area contributed by atoms with E-state index in [4.69, 9.17) is 9.47 Å². The molecule has 0 saturated heterocycles. The molecule has 0 bridgehead atoms. The molecule has 0 spiro atoms. The highest BCUT2D eigenvalue weighted by Crippen LogP contribution is 2.37. The number of esters is 1. The fourth-order valence-corrected chi connectivity index (χ4v) is 3.81. The first kappa shape index (κ1) is 19.1. The molecule has 1 aromatic heterocycles. The predicted molar refractivity (Wildman–Crippen MR) is 102 cm³/mol. The van der Waals surface area contributed by atoms with Crippen molar-refractivity contribution >= 4 is 15.8 Å². The maximum absolute atomic E-state index is 13.4. The zero-order valence-corrected chi connectivity index (χ0v) is 16.5. The largest absolute Gasteiger partial charge is 0.485 e. The van der Waals surface area contributed by atoms with Gasteiger partial charge in [-0.25, -0.2) is 22.6 Å². The average Bonchev–Trinajstić information content (AvgIpc) is 3.08. The molecule has 3 aromatic rings. The van der Waals surface area contributed by atoms with Crippen LogP contribution in [0.4, 0.5) is 4.39 Å². The third kappa shape index (κ3) is 3.38. The highest BCUT2D eigenvalue weighted by molar-refractivity contribution is 7.90. The minimum Gasteiger partial charge on any atom is -0.485 e. The molecule has 0 radical (unpaired) electrons. The van der Waals surface area contributed by atoms with Crippen molar-refractivity contribution in [2.75, 3.05) is 12.9 Å². The smallest absolute Gasteiger partial charge is 0.358 e. The molecule has 7 nitrogen and oxygen atoms in total. The summed E-state index contributed by atoms with van der Waals surface area (Å²) >= 11 is 0.